The highest BCUT2D eigenvalue weighted by Gasteiger charge is 2.17. The van der Waals surface area contributed by atoms with Crippen LogP contribution in [0.1, 0.15) is 17.3 Å². The van der Waals surface area contributed by atoms with E-state index in [9.17, 15) is 9.59 Å². The van der Waals surface area contributed by atoms with Crippen molar-refractivity contribution in [1.82, 2.24) is 0 Å². The van der Waals surface area contributed by atoms with Crippen molar-refractivity contribution < 1.29 is 23.8 Å². The van der Waals surface area contributed by atoms with Gasteiger partial charge in [-0.15, -0.1) is 0 Å². The number of carbonyl (C=O) groups excluding carboxylic acids is 2. The average molecular weight is 253 g/mol. The van der Waals surface area contributed by atoms with E-state index in [-0.39, 0.29) is 5.69 Å². The molecular formula is C12H15NO5. The van der Waals surface area contributed by atoms with E-state index in [2.05, 4.69) is 9.47 Å². The van der Waals surface area contributed by atoms with Gasteiger partial charge in [-0.05, 0) is 25.1 Å². The van der Waals surface area contributed by atoms with Gasteiger partial charge in [0.1, 0.15) is 5.75 Å². The first-order chi connectivity index (χ1) is 8.49. The summed E-state index contributed by atoms with van der Waals surface area (Å²) >= 11 is 0. The van der Waals surface area contributed by atoms with Crippen LogP contribution in [-0.2, 0) is 14.3 Å². The molecule has 0 heterocycles. The lowest BCUT2D eigenvalue weighted by Crippen LogP contribution is -2.25. The van der Waals surface area contributed by atoms with Gasteiger partial charge in [0.2, 0.25) is 0 Å². The zero-order chi connectivity index (χ0) is 13.7. The molecule has 0 radical (unpaired) electrons. The minimum Gasteiger partial charge on any atom is -0.477 e. The molecule has 0 saturated heterocycles. The quantitative estimate of drug-likeness (QED) is 0.636. The van der Waals surface area contributed by atoms with E-state index in [1.165, 1.54) is 32.4 Å². The molecule has 1 atom stereocenters. The van der Waals surface area contributed by atoms with Crippen LogP contribution in [0.4, 0.5) is 5.69 Å². The molecule has 1 aromatic carbocycles. The summed E-state index contributed by atoms with van der Waals surface area (Å²) in [5, 5.41) is 0. The number of carbonyl (C=O) groups is 2. The van der Waals surface area contributed by atoms with E-state index in [1.54, 1.807) is 6.92 Å². The number of hydrogen-bond donors (Lipinski definition) is 1. The Balaban J connectivity index is 2.86. The third-order valence-corrected chi connectivity index (χ3v) is 2.27. The largest absolute Gasteiger partial charge is 0.477 e. The maximum Gasteiger partial charge on any atom is 0.346 e. The molecule has 1 unspecified atom stereocenters. The van der Waals surface area contributed by atoms with E-state index >= 15 is 0 Å². The number of rotatable bonds is 4. The van der Waals surface area contributed by atoms with Crippen molar-refractivity contribution in [2.45, 2.75) is 13.0 Å². The second kappa shape index (κ2) is 5.90. The molecule has 6 nitrogen and oxygen atoms in total. The minimum atomic E-state index is -0.777. The first kappa shape index (κ1) is 13.8. The molecule has 1 aromatic rings. The van der Waals surface area contributed by atoms with Crippen molar-refractivity contribution in [2.75, 3.05) is 20.0 Å². The first-order valence-electron chi connectivity index (χ1n) is 5.22. The Morgan fingerprint density at radius 2 is 1.89 bits per heavy atom. The second-order valence-electron chi connectivity index (χ2n) is 3.53. The molecule has 0 aromatic heterocycles. The number of ether oxygens (including phenoxy) is 3. The molecule has 0 spiro atoms. The van der Waals surface area contributed by atoms with Gasteiger partial charge in [-0.3, -0.25) is 0 Å². The van der Waals surface area contributed by atoms with Crippen LogP contribution < -0.4 is 10.5 Å². The van der Waals surface area contributed by atoms with E-state index in [0.29, 0.717) is 11.3 Å². The third kappa shape index (κ3) is 3.13. The standard InChI is InChI=1S/C12H15NO5/c1-7(11(14)16-2)18-10-5-4-8(6-9(10)13)12(15)17-3/h4-7H,13H2,1-3H3. The Bertz CT molecular complexity index is 458. The van der Waals surface area contributed by atoms with Crippen LogP contribution >= 0.6 is 0 Å². The number of hydrogen-bond acceptors (Lipinski definition) is 6. The van der Waals surface area contributed by atoms with E-state index < -0.39 is 18.0 Å². The number of benzene rings is 1. The number of methoxy groups -OCH3 is 2. The zero-order valence-electron chi connectivity index (χ0n) is 10.4. The predicted octanol–water partition coefficient (Wildman–Crippen LogP) is 0.996. The SMILES string of the molecule is COC(=O)c1ccc(OC(C)C(=O)OC)c(N)c1. The van der Waals surface area contributed by atoms with Crippen LogP contribution in [0, 0.1) is 0 Å². The van der Waals surface area contributed by atoms with Gasteiger partial charge in [-0.2, -0.15) is 0 Å². The average Bonchev–Trinajstić information content (AvgIpc) is 2.38. The molecule has 1 rings (SSSR count). The predicted molar refractivity (Wildman–Crippen MR) is 64.3 cm³/mol. The lowest BCUT2D eigenvalue weighted by molar-refractivity contribution is -0.147. The molecule has 2 N–H and O–H groups in total. The van der Waals surface area contributed by atoms with Crippen molar-refractivity contribution in [2.24, 2.45) is 0 Å². The Kier molecular flexibility index (Phi) is 4.53. The summed E-state index contributed by atoms with van der Waals surface area (Å²) in [7, 11) is 2.55. The molecule has 0 aliphatic rings. The fourth-order valence-electron chi connectivity index (χ4n) is 1.31. The first-order valence-corrected chi connectivity index (χ1v) is 5.22. The van der Waals surface area contributed by atoms with E-state index in [1.807, 2.05) is 0 Å². The monoisotopic (exact) mass is 253 g/mol. The van der Waals surface area contributed by atoms with Crippen LogP contribution in [0.15, 0.2) is 18.2 Å². The van der Waals surface area contributed by atoms with Gasteiger partial charge in [0, 0.05) is 0 Å². The van der Waals surface area contributed by atoms with Crippen molar-refractivity contribution in [3.05, 3.63) is 23.8 Å². The maximum absolute atomic E-state index is 11.3. The Morgan fingerprint density at radius 1 is 1.22 bits per heavy atom. The summed E-state index contributed by atoms with van der Waals surface area (Å²) in [5.74, 6) is -0.693. The summed E-state index contributed by atoms with van der Waals surface area (Å²) in [6.45, 7) is 1.54. The highest BCUT2D eigenvalue weighted by molar-refractivity contribution is 5.91. The maximum atomic E-state index is 11.3. The highest BCUT2D eigenvalue weighted by atomic mass is 16.6. The molecule has 6 heteroatoms. The fraction of sp³-hybridized carbons (Fsp3) is 0.333. The minimum absolute atomic E-state index is 0.244. The van der Waals surface area contributed by atoms with Crippen LogP contribution in [0.2, 0.25) is 0 Å². The third-order valence-electron chi connectivity index (χ3n) is 2.27. The van der Waals surface area contributed by atoms with Crippen LogP contribution in [0.25, 0.3) is 0 Å². The van der Waals surface area contributed by atoms with Crippen molar-refractivity contribution in [1.29, 1.82) is 0 Å². The smallest absolute Gasteiger partial charge is 0.346 e. The fourth-order valence-corrected chi connectivity index (χ4v) is 1.31. The van der Waals surface area contributed by atoms with Gasteiger partial charge >= 0.3 is 11.9 Å². The topological polar surface area (TPSA) is 87.8 Å². The molecule has 0 amide bonds. The molecule has 0 saturated carbocycles. The summed E-state index contributed by atoms with van der Waals surface area (Å²) < 4.78 is 14.4. The molecular weight excluding hydrogens is 238 g/mol. The van der Waals surface area contributed by atoms with Gasteiger partial charge in [-0.25, -0.2) is 9.59 Å². The van der Waals surface area contributed by atoms with Gasteiger partial charge in [0.15, 0.2) is 6.10 Å². The van der Waals surface area contributed by atoms with Gasteiger partial charge in [0.25, 0.3) is 0 Å². The summed E-state index contributed by atoms with van der Waals surface area (Å²) in [6, 6.07) is 4.42. The number of nitrogens with two attached hydrogens (primary N) is 1. The van der Waals surface area contributed by atoms with Crippen LogP contribution in [0.5, 0.6) is 5.75 Å². The van der Waals surface area contributed by atoms with Gasteiger partial charge < -0.3 is 19.9 Å². The molecule has 0 aliphatic heterocycles. The highest BCUT2D eigenvalue weighted by Crippen LogP contribution is 2.24. The van der Waals surface area contributed by atoms with Crippen molar-refractivity contribution in [3.63, 3.8) is 0 Å². The van der Waals surface area contributed by atoms with Crippen LogP contribution in [0.3, 0.4) is 0 Å². The summed E-state index contributed by atoms with van der Waals surface area (Å²) in [5.41, 5.74) is 6.28. The summed E-state index contributed by atoms with van der Waals surface area (Å²) in [6.07, 6.45) is -0.777. The van der Waals surface area contributed by atoms with Crippen molar-refractivity contribution in [3.8, 4) is 5.75 Å². The molecule has 0 fully saturated rings. The molecule has 98 valence electrons. The Hall–Kier alpha value is -2.24. The number of nitrogen functional groups attached to an aromatic ring is 1. The molecule has 18 heavy (non-hydrogen) atoms. The normalized spacial score (nSPS) is 11.5. The zero-order valence-corrected chi connectivity index (χ0v) is 10.4. The lowest BCUT2D eigenvalue weighted by Gasteiger charge is -2.14. The molecule has 0 bridgehead atoms. The Labute approximate surface area is 105 Å². The van der Waals surface area contributed by atoms with E-state index in [4.69, 9.17) is 10.5 Å². The number of anilines is 1. The second-order valence-corrected chi connectivity index (χ2v) is 3.53. The summed E-state index contributed by atoms with van der Waals surface area (Å²) in [4.78, 5) is 22.4. The van der Waals surface area contributed by atoms with Crippen LogP contribution in [-0.4, -0.2) is 32.3 Å². The Morgan fingerprint density at radius 3 is 2.39 bits per heavy atom. The number of esters is 2. The lowest BCUT2D eigenvalue weighted by atomic mass is 10.2. The molecule has 0 aliphatic carbocycles. The van der Waals surface area contributed by atoms with Gasteiger partial charge in [0.05, 0.1) is 25.5 Å². The van der Waals surface area contributed by atoms with Crippen molar-refractivity contribution >= 4 is 17.6 Å². The van der Waals surface area contributed by atoms with Gasteiger partial charge in [-0.1, -0.05) is 0 Å². The van der Waals surface area contributed by atoms with E-state index in [0.717, 1.165) is 0 Å².